The molecule has 110 valence electrons. The number of halogens is 3. The Labute approximate surface area is 119 Å². The highest BCUT2D eigenvalue weighted by atomic mass is 19.1. The van der Waals surface area contributed by atoms with Gasteiger partial charge in [-0.15, -0.1) is 0 Å². The van der Waals surface area contributed by atoms with Gasteiger partial charge in [0.15, 0.2) is 0 Å². The minimum Gasteiger partial charge on any atom is -0.399 e. The molecule has 6 heteroatoms. The van der Waals surface area contributed by atoms with Crippen LogP contribution in [0.4, 0.5) is 18.9 Å². The minimum absolute atomic E-state index is 0.193. The first-order valence-corrected chi connectivity index (χ1v) is 6.24. The first-order valence-electron chi connectivity index (χ1n) is 6.24. The summed E-state index contributed by atoms with van der Waals surface area (Å²) in [4.78, 5) is 11.7. The van der Waals surface area contributed by atoms with Crippen LogP contribution in [0.15, 0.2) is 36.4 Å². The highest BCUT2D eigenvalue weighted by Gasteiger charge is 2.18. The number of hydrogen-bond acceptors (Lipinski definition) is 2. The van der Waals surface area contributed by atoms with Crippen molar-refractivity contribution in [2.45, 2.75) is 6.42 Å². The smallest absolute Gasteiger partial charge is 0.257 e. The van der Waals surface area contributed by atoms with Gasteiger partial charge >= 0.3 is 0 Å². The summed E-state index contributed by atoms with van der Waals surface area (Å²) in [5.41, 5.74) is 6.30. The third kappa shape index (κ3) is 3.75. The van der Waals surface area contributed by atoms with Crippen molar-refractivity contribution in [2.75, 3.05) is 12.3 Å². The van der Waals surface area contributed by atoms with Crippen molar-refractivity contribution < 1.29 is 18.0 Å². The van der Waals surface area contributed by atoms with Crippen molar-refractivity contribution in [3.05, 3.63) is 65.0 Å². The molecule has 0 aliphatic rings. The van der Waals surface area contributed by atoms with E-state index in [2.05, 4.69) is 5.32 Å². The monoisotopic (exact) mass is 294 g/mol. The van der Waals surface area contributed by atoms with Crippen LogP contribution in [-0.2, 0) is 6.42 Å². The molecule has 2 aromatic carbocycles. The highest BCUT2D eigenvalue weighted by Crippen LogP contribution is 2.14. The number of hydrogen-bond donors (Lipinski definition) is 2. The maximum Gasteiger partial charge on any atom is 0.257 e. The minimum atomic E-state index is -1.22. The van der Waals surface area contributed by atoms with Crippen molar-refractivity contribution in [3.8, 4) is 0 Å². The lowest BCUT2D eigenvalue weighted by molar-refractivity contribution is 0.0945. The number of anilines is 1. The van der Waals surface area contributed by atoms with Gasteiger partial charge in [-0.25, -0.2) is 13.2 Å². The fourth-order valence-corrected chi connectivity index (χ4v) is 1.85. The van der Waals surface area contributed by atoms with Crippen molar-refractivity contribution >= 4 is 11.6 Å². The van der Waals surface area contributed by atoms with E-state index in [9.17, 15) is 18.0 Å². The Balaban J connectivity index is 1.98. The van der Waals surface area contributed by atoms with Crippen LogP contribution in [0.3, 0.4) is 0 Å². The molecule has 2 rings (SSSR count). The second-order valence-corrected chi connectivity index (χ2v) is 4.49. The number of nitrogens with two attached hydrogens (primary N) is 1. The second-order valence-electron chi connectivity index (χ2n) is 4.49. The van der Waals surface area contributed by atoms with E-state index < -0.39 is 28.9 Å². The van der Waals surface area contributed by atoms with Crippen LogP contribution in [0.5, 0.6) is 0 Å². The summed E-state index contributed by atoms with van der Waals surface area (Å²) in [6.07, 6.45) is 0.483. The Kier molecular flexibility index (Phi) is 4.47. The largest absolute Gasteiger partial charge is 0.399 e. The Hall–Kier alpha value is -2.50. The van der Waals surface area contributed by atoms with Gasteiger partial charge in [0.1, 0.15) is 23.0 Å². The lowest BCUT2D eigenvalue weighted by Crippen LogP contribution is -2.27. The summed E-state index contributed by atoms with van der Waals surface area (Å²) < 4.78 is 39.6. The van der Waals surface area contributed by atoms with Crippen LogP contribution < -0.4 is 11.1 Å². The van der Waals surface area contributed by atoms with E-state index in [4.69, 9.17) is 5.73 Å². The summed E-state index contributed by atoms with van der Waals surface area (Å²) in [7, 11) is 0. The third-order valence-electron chi connectivity index (χ3n) is 2.91. The van der Waals surface area contributed by atoms with E-state index in [1.165, 1.54) is 0 Å². The second kappa shape index (κ2) is 6.30. The number of nitrogens with one attached hydrogen (secondary N) is 1. The molecule has 0 atom stereocenters. The SMILES string of the molecule is Nc1ccc(CCNC(=O)c2c(F)cc(F)cc2F)cc1. The molecule has 0 radical (unpaired) electrons. The molecule has 21 heavy (non-hydrogen) atoms. The van der Waals surface area contributed by atoms with E-state index in [1.54, 1.807) is 24.3 Å². The fourth-order valence-electron chi connectivity index (χ4n) is 1.85. The quantitative estimate of drug-likeness (QED) is 0.852. The van der Waals surface area contributed by atoms with Crippen LogP contribution in [0.2, 0.25) is 0 Å². The summed E-state index contributed by atoms with van der Waals surface area (Å²) in [6, 6.07) is 7.96. The molecular formula is C15H13F3N2O. The number of carbonyl (C=O) groups is 1. The fraction of sp³-hybridized carbons (Fsp3) is 0.133. The Bertz CT molecular complexity index is 633. The Morgan fingerprint density at radius 2 is 1.62 bits per heavy atom. The molecule has 0 fully saturated rings. The lowest BCUT2D eigenvalue weighted by atomic mass is 10.1. The van der Waals surface area contributed by atoms with E-state index in [0.717, 1.165) is 5.56 Å². The molecule has 3 N–H and O–H groups in total. The molecule has 0 bridgehead atoms. The number of benzene rings is 2. The zero-order chi connectivity index (χ0) is 15.4. The van der Waals surface area contributed by atoms with E-state index in [0.29, 0.717) is 24.2 Å². The van der Waals surface area contributed by atoms with Crippen molar-refractivity contribution in [2.24, 2.45) is 0 Å². The summed E-state index contributed by atoms with van der Waals surface area (Å²) in [5, 5.41) is 2.39. The Morgan fingerprint density at radius 3 is 2.19 bits per heavy atom. The van der Waals surface area contributed by atoms with Crippen LogP contribution in [0, 0.1) is 17.5 Å². The van der Waals surface area contributed by atoms with Gasteiger partial charge < -0.3 is 11.1 Å². The van der Waals surface area contributed by atoms with Crippen LogP contribution in [0.1, 0.15) is 15.9 Å². The maximum atomic E-state index is 13.4. The summed E-state index contributed by atoms with van der Waals surface area (Å²) in [6.45, 7) is 0.193. The number of rotatable bonds is 4. The average molecular weight is 294 g/mol. The Morgan fingerprint density at radius 1 is 1.05 bits per heavy atom. The van der Waals surface area contributed by atoms with Gasteiger partial charge in [-0.05, 0) is 24.1 Å². The standard InChI is InChI=1S/C15H13F3N2O/c16-10-7-12(17)14(13(18)8-10)15(21)20-6-5-9-1-3-11(19)4-2-9/h1-4,7-8H,5-6,19H2,(H,20,21). The predicted octanol–water partition coefficient (Wildman–Crippen LogP) is 2.66. The molecule has 0 aromatic heterocycles. The van der Waals surface area contributed by atoms with Gasteiger partial charge in [-0.2, -0.15) is 0 Å². The van der Waals surface area contributed by atoms with Gasteiger partial charge in [0, 0.05) is 24.4 Å². The molecule has 2 aromatic rings. The van der Waals surface area contributed by atoms with Crippen LogP contribution >= 0.6 is 0 Å². The van der Waals surface area contributed by atoms with Gasteiger partial charge in [-0.3, -0.25) is 4.79 Å². The van der Waals surface area contributed by atoms with Crippen LogP contribution in [-0.4, -0.2) is 12.5 Å². The summed E-state index contributed by atoms with van der Waals surface area (Å²) >= 11 is 0. The van der Waals surface area contributed by atoms with Crippen molar-refractivity contribution in [3.63, 3.8) is 0 Å². The third-order valence-corrected chi connectivity index (χ3v) is 2.91. The lowest BCUT2D eigenvalue weighted by Gasteiger charge is -2.07. The number of amides is 1. The first-order chi connectivity index (χ1) is 9.97. The highest BCUT2D eigenvalue weighted by molar-refractivity contribution is 5.94. The molecule has 0 saturated heterocycles. The van der Waals surface area contributed by atoms with Gasteiger partial charge in [0.2, 0.25) is 0 Å². The number of carbonyl (C=O) groups excluding carboxylic acids is 1. The molecular weight excluding hydrogens is 281 g/mol. The van der Waals surface area contributed by atoms with Crippen molar-refractivity contribution in [1.82, 2.24) is 5.32 Å². The van der Waals surface area contributed by atoms with E-state index in [-0.39, 0.29) is 6.54 Å². The molecule has 1 amide bonds. The van der Waals surface area contributed by atoms with Gasteiger partial charge in [0.25, 0.3) is 5.91 Å². The normalized spacial score (nSPS) is 10.4. The molecule has 0 aliphatic heterocycles. The number of nitrogen functional groups attached to an aromatic ring is 1. The van der Waals surface area contributed by atoms with E-state index in [1.807, 2.05) is 0 Å². The first kappa shape index (κ1) is 14.9. The van der Waals surface area contributed by atoms with Gasteiger partial charge in [0.05, 0.1) is 0 Å². The average Bonchev–Trinajstić information content (AvgIpc) is 2.40. The predicted molar refractivity (Wildman–Crippen MR) is 73.2 cm³/mol. The molecule has 3 nitrogen and oxygen atoms in total. The van der Waals surface area contributed by atoms with Crippen LogP contribution in [0.25, 0.3) is 0 Å². The van der Waals surface area contributed by atoms with E-state index >= 15 is 0 Å². The molecule has 0 saturated carbocycles. The van der Waals surface area contributed by atoms with Crippen molar-refractivity contribution in [1.29, 1.82) is 0 Å². The summed E-state index contributed by atoms with van der Waals surface area (Å²) in [5.74, 6) is -4.43. The molecule has 0 aliphatic carbocycles. The maximum absolute atomic E-state index is 13.4. The van der Waals surface area contributed by atoms with Gasteiger partial charge in [-0.1, -0.05) is 12.1 Å². The molecule has 0 unspecified atom stereocenters. The zero-order valence-electron chi connectivity index (χ0n) is 11.0. The molecule has 0 heterocycles. The molecule has 0 spiro atoms. The topological polar surface area (TPSA) is 55.1 Å². The zero-order valence-corrected chi connectivity index (χ0v) is 11.0.